The molecule has 0 amide bonds. The van der Waals surface area contributed by atoms with Crippen LogP contribution in [0.1, 0.15) is 13.8 Å². The number of ketones is 1. The SMILES string of the molecule is BC1=C[C@]2(CO2)[C@@H](C(C)(C)OCCOc2ccccc2)[C@](B)(OC)C1=O. The highest BCUT2D eigenvalue weighted by molar-refractivity contribution is 6.45. The first-order valence-electron chi connectivity index (χ1n) is 9.00. The summed E-state index contributed by atoms with van der Waals surface area (Å²) < 4.78 is 23.4. The van der Waals surface area contributed by atoms with Crippen LogP contribution in [0, 0.1) is 5.92 Å². The Morgan fingerprint density at radius 3 is 2.50 bits per heavy atom. The van der Waals surface area contributed by atoms with Gasteiger partial charge in [-0.3, -0.25) is 4.79 Å². The van der Waals surface area contributed by atoms with Gasteiger partial charge in [0, 0.05) is 7.11 Å². The maximum absolute atomic E-state index is 12.8. The van der Waals surface area contributed by atoms with Crippen LogP contribution in [0.5, 0.6) is 5.75 Å². The number of rotatable bonds is 7. The largest absolute Gasteiger partial charge is 0.491 e. The summed E-state index contributed by atoms with van der Waals surface area (Å²) in [6, 6.07) is 9.63. The summed E-state index contributed by atoms with van der Waals surface area (Å²) >= 11 is 0. The third-order valence-electron chi connectivity index (χ3n) is 5.48. The Bertz CT molecular complexity index is 699. The molecule has 7 heteroatoms. The van der Waals surface area contributed by atoms with Crippen molar-refractivity contribution in [2.45, 2.75) is 30.5 Å². The maximum Gasteiger partial charge on any atom is 0.172 e. The molecule has 2 aliphatic rings. The van der Waals surface area contributed by atoms with Gasteiger partial charge in [-0.2, -0.15) is 0 Å². The number of para-hydroxylation sites is 1. The van der Waals surface area contributed by atoms with Gasteiger partial charge >= 0.3 is 0 Å². The Balaban J connectivity index is 1.71. The molecule has 1 aliphatic carbocycles. The molecule has 1 saturated heterocycles. The van der Waals surface area contributed by atoms with Crippen LogP contribution in [0.25, 0.3) is 0 Å². The van der Waals surface area contributed by atoms with Crippen LogP contribution in [0.15, 0.2) is 41.9 Å². The number of hydrogen-bond acceptors (Lipinski definition) is 5. The second-order valence-electron chi connectivity index (χ2n) is 7.76. The first-order valence-corrected chi connectivity index (χ1v) is 9.00. The Hall–Kier alpha value is -1.56. The summed E-state index contributed by atoms with van der Waals surface area (Å²) in [5.41, 5.74) is -1.42. The highest BCUT2D eigenvalue weighted by atomic mass is 16.6. The van der Waals surface area contributed by atoms with Crippen molar-refractivity contribution in [2.75, 3.05) is 26.9 Å². The van der Waals surface area contributed by atoms with E-state index in [1.807, 2.05) is 65.9 Å². The number of benzene rings is 1. The lowest BCUT2D eigenvalue weighted by Gasteiger charge is -2.49. The summed E-state index contributed by atoms with van der Waals surface area (Å²) in [6.07, 6.45) is 1.94. The van der Waals surface area contributed by atoms with Crippen molar-refractivity contribution in [2.24, 2.45) is 5.92 Å². The second kappa shape index (κ2) is 6.87. The summed E-state index contributed by atoms with van der Waals surface area (Å²) in [5, 5.41) is 0. The Kier molecular flexibility index (Phi) is 5.08. The van der Waals surface area contributed by atoms with Crippen LogP contribution >= 0.6 is 0 Å². The number of ether oxygens (including phenoxy) is 4. The van der Waals surface area contributed by atoms with Gasteiger partial charge in [-0.25, -0.2) is 0 Å². The predicted octanol–water partition coefficient (Wildman–Crippen LogP) is 0.321. The molecule has 1 fully saturated rings. The minimum Gasteiger partial charge on any atom is -0.491 e. The van der Waals surface area contributed by atoms with Gasteiger partial charge in [-0.15, -0.1) is 0 Å². The molecule has 138 valence electrons. The fourth-order valence-electron chi connectivity index (χ4n) is 4.36. The summed E-state index contributed by atoms with van der Waals surface area (Å²) in [4.78, 5) is 12.8. The van der Waals surface area contributed by atoms with Crippen LogP contribution in [0.2, 0.25) is 0 Å². The lowest BCUT2D eigenvalue weighted by Crippen LogP contribution is -2.64. The monoisotopic (exact) mass is 356 g/mol. The highest BCUT2D eigenvalue weighted by Gasteiger charge is 2.67. The van der Waals surface area contributed by atoms with Crippen LogP contribution < -0.4 is 4.74 Å². The molecule has 0 bridgehead atoms. The summed E-state index contributed by atoms with van der Waals surface area (Å²) in [7, 11) is 5.24. The lowest BCUT2D eigenvalue weighted by atomic mass is 9.53. The number of Topliss-reactive ketones (excluding diaryl/α,β-unsaturated/α-hetero) is 1. The molecule has 3 rings (SSSR count). The number of carbonyl (C=O) groups is 1. The number of carbonyl (C=O) groups excluding carboxylic acids is 1. The van der Waals surface area contributed by atoms with Gasteiger partial charge in [-0.1, -0.05) is 24.3 Å². The van der Waals surface area contributed by atoms with E-state index in [1.165, 1.54) is 0 Å². The minimum absolute atomic E-state index is 0.0108. The van der Waals surface area contributed by atoms with Gasteiger partial charge in [0.25, 0.3) is 0 Å². The molecule has 1 spiro atoms. The van der Waals surface area contributed by atoms with Crippen molar-refractivity contribution in [1.82, 2.24) is 0 Å². The van der Waals surface area contributed by atoms with Crippen molar-refractivity contribution < 1.29 is 23.7 Å². The highest BCUT2D eigenvalue weighted by Crippen LogP contribution is 2.52. The normalized spacial score (nSPS) is 31.0. The van der Waals surface area contributed by atoms with Crippen LogP contribution in [-0.2, 0) is 19.0 Å². The van der Waals surface area contributed by atoms with Crippen LogP contribution in [0.4, 0.5) is 0 Å². The summed E-state index contributed by atoms with van der Waals surface area (Å²) in [6.45, 7) is 5.39. The molecule has 5 nitrogen and oxygen atoms in total. The van der Waals surface area contributed by atoms with E-state index < -0.39 is 16.7 Å². The smallest absolute Gasteiger partial charge is 0.172 e. The predicted molar refractivity (Wildman–Crippen MR) is 104 cm³/mol. The molecule has 1 heterocycles. The van der Waals surface area contributed by atoms with E-state index in [4.69, 9.17) is 18.9 Å². The standard InChI is InChI=1S/C19H26B2O5/c1-17(2,25-10-9-24-13-7-5-4-6-8-13)16-18(12-26-18)11-14(20)15(22)19(16,21)23-3/h4-8,11,16H,9-10,12,20-21H2,1-3H3/t16-,18+,19-/m1/s1. The van der Waals surface area contributed by atoms with E-state index >= 15 is 0 Å². The molecule has 1 aromatic rings. The quantitative estimate of drug-likeness (QED) is 0.400. The molecule has 1 aromatic carbocycles. The molecule has 0 unspecified atom stereocenters. The fraction of sp³-hybridized carbons (Fsp3) is 0.526. The van der Waals surface area contributed by atoms with Gasteiger partial charge in [0.1, 0.15) is 31.3 Å². The van der Waals surface area contributed by atoms with E-state index in [0.717, 1.165) is 5.75 Å². The van der Waals surface area contributed by atoms with Gasteiger partial charge in [-0.05, 0) is 31.5 Å². The van der Waals surface area contributed by atoms with Crippen molar-refractivity contribution in [3.63, 3.8) is 0 Å². The lowest BCUT2D eigenvalue weighted by molar-refractivity contribution is -0.162. The third kappa shape index (κ3) is 3.36. The molecule has 1 aliphatic heterocycles. The zero-order valence-electron chi connectivity index (χ0n) is 16.2. The van der Waals surface area contributed by atoms with Crippen molar-refractivity contribution in [3.8, 4) is 5.75 Å². The first-order chi connectivity index (χ1) is 12.3. The number of methoxy groups -OCH3 is 1. The molecule has 0 N–H and O–H groups in total. The van der Waals surface area contributed by atoms with Crippen LogP contribution in [-0.4, -0.2) is 65.1 Å². The van der Waals surface area contributed by atoms with Gasteiger partial charge in [0.05, 0.1) is 24.7 Å². The average Bonchev–Trinajstić information content (AvgIpc) is 3.36. The van der Waals surface area contributed by atoms with E-state index in [9.17, 15) is 4.79 Å². The van der Waals surface area contributed by atoms with Crippen molar-refractivity contribution in [1.29, 1.82) is 0 Å². The molecular weight excluding hydrogens is 330 g/mol. The minimum atomic E-state index is -0.987. The van der Waals surface area contributed by atoms with E-state index in [2.05, 4.69) is 0 Å². The molecule has 0 aromatic heterocycles. The number of hydrogen-bond donors (Lipinski definition) is 0. The van der Waals surface area contributed by atoms with E-state index in [-0.39, 0.29) is 11.7 Å². The Morgan fingerprint density at radius 2 is 1.92 bits per heavy atom. The molecule has 3 atom stereocenters. The average molecular weight is 356 g/mol. The fourth-order valence-corrected chi connectivity index (χ4v) is 4.36. The van der Waals surface area contributed by atoms with Gasteiger partial charge < -0.3 is 18.9 Å². The van der Waals surface area contributed by atoms with Gasteiger partial charge in [0.15, 0.2) is 13.6 Å². The second-order valence-corrected chi connectivity index (χ2v) is 7.76. The zero-order valence-corrected chi connectivity index (χ0v) is 16.2. The van der Waals surface area contributed by atoms with Crippen molar-refractivity contribution >= 4 is 21.5 Å². The zero-order chi connectivity index (χ0) is 19.0. The number of epoxide rings is 1. The molecule has 0 radical (unpaired) electrons. The van der Waals surface area contributed by atoms with E-state index in [1.54, 1.807) is 7.11 Å². The van der Waals surface area contributed by atoms with Gasteiger partial charge in [0.2, 0.25) is 0 Å². The topological polar surface area (TPSA) is 57.3 Å². The summed E-state index contributed by atoms with van der Waals surface area (Å²) in [5.74, 6) is 0.549. The Morgan fingerprint density at radius 1 is 1.27 bits per heavy atom. The van der Waals surface area contributed by atoms with Crippen LogP contribution in [0.3, 0.4) is 0 Å². The molecule has 0 saturated carbocycles. The maximum atomic E-state index is 12.8. The Labute approximate surface area is 156 Å². The van der Waals surface area contributed by atoms with E-state index in [0.29, 0.717) is 25.3 Å². The van der Waals surface area contributed by atoms with Crippen molar-refractivity contribution in [3.05, 3.63) is 41.9 Å². The first kappa shape index (κ1) is 19.2. The molecular formula is C19H26B2O5. The third-order valence-corrected chi connectivity index (χ3v) is 5.48. The molecule has 26 heavy (non-hydrogen) atoms.